The molecule has 2 aromatic carbocycles. The molecule has 0 fully saturated rings. The number of Topliss-reactive ketones (excluding diaryl/α,β-unsaturated/α-hetero) is 1. The number of rotatable bonds is 4. The average molecular weight is 300 g/mol. The Labute approximate surface area is 127 Å². The fourth-order valence-electron chi connectivity index (χ4n) is 2.35. The Morgan fingerprint density at radius 3 is 2.62 bits per heavy atom. The van der Waals surface area contributed by atoms with Gasteiger partial charge in [-0.05, 0) is 42.5 Å². The maximum atomic E-state index is 12.3. The minimum Gasteiger partial charge on any atom is -0.497 e. The summed E-state index contributed by atoms with van der Waals surface area (Å²) in [5.41, 5.74) is 1.63. The van der Waals surface area contributed by atoms with Gasteiger partial charge >= 0.3 is 0 Å². The van der Waals surface area contributed by atoms with Gasteiger partial charge in [-0.25, -0.2) is 0 Å². The summed E-state index contributed by atoms with van der Waals surface area (Å²) >= 11 is 6.15. The lowest BCUT2D eigenvalue weighted by atomic mass is 10.1. The molecule has 4 heteroatoms. The Balaban J connectivity index is 1.87. The van der Waals surface area contributed by atoms with E-state index in [9.17, 15) is 4.79 Å². The zero-order valence-corrected chi connectivity index (χ0v) is 12.3. The van der Waals surface area contributed by atoms with Crippen molar-refractivity contribution in [3.63, 3.8) is 0 Å². The molecule has 0 radical (unpaired) electrons. The van der Waals surface area contributed by atoms with E-state index in [1.165, 1.54) is 0 Å². The second kappa shape index (κ2) is 5.62. The van der Waals surface area contributed by atoms with Crippen LogP contribution in [0.5, 0.6) is 5.75 Å². The second-order valence-corrected chi connectivity index (χ2v) is 5.18. The Hall–Kier alpha value is -2.26. The number of nitrogens with zero attached hydrogens (tertiary/aromatic N) is 1. The van der Waals surface area contributed by atoms with Crippen molar-refractivity contribution < 1.29 is 9.53 Å². The van der Waals surface area contributed by atoms with E-state index < -0.39 is 0 Å². The molecular formula is C17H14ClNO2. The van der Waals surface area contributed by atoms with Crippen LogP contribution in [0.15, 0.2) is 54.7 Å². The van der Waals surface area contributed by atoms with Gasteiger partial charge in [-0.1, -0.05) is 17.7 Å². The molecular weight excluding hydrogens is 286 g/mol. The number of ether oxygens (including phenoxy) is 1. The van der Waals surface area contributed by atoms with Gasteiger partial charge in [0.25, 0.3) is 0 Å². The molecule has 0 spiro atoms. The van der Waals surface area contributed by atoms with Crippen LogP contribution in [-0.2, 0) is 6.54 Å². The van der Waals surface area contributed by atoms with E-state index in [4.69, 9.17) is 16.3 Å². The van der Waals surface area contributed by atoms with Crippen molar-refractivity contribution in [1.82, 2.24) is 4.57 Å². The first-order chi connectivity index (χ1) is 10.2. The van der Waals surface area contributed by atoms with Crippen molar-refractivity contribution in [3.8, 4) is 5.75 Å². The summed E-state index contributed by atoms with van der Waals surface area (Å²) in [5.74, 6) is 0.792. The number of carbonyl (C=O) groups is 1. The van der Waals surface area contributed by atoms with Crippen LogP contribution < -0.4 is 4.74 Å². The molecule has 3 aromatic rings. The van der Waals surface area contributed by atoms with Gasteiger partial charge in [-0.2, -0.15) is 0 Å². The molecule has 0 bridgehead atoms. The van der Waals surface area contributed by atoms with Gasteiger partial charge in [0.05, 0.1) is 13.7 Å². The molecule has 3 nitrogen and oxygen atoms in total. The highest BCUT2D eigenvalue weighted by Gasteiger charge is 2.10. The van der Waals surface area contributed by atoms with Crippen molar-refractivity contribution >= 4 is 28.3 Å². The number of hydrogen-bond acceptors (Lipinski definition) is 2. The smallest absolute Gasteiger partial charge is 0.182 e. The number of methoxy groups -OCH3 is 1. The second-order valence-electron chi connectivity index (χ2n) is 4.77. The van der Waals surface area contributed by atoms with Gasteiger partial charge in [-0.15, -0.1) is 0 Å². The molecule has 3 rings (SSSR count). The quantitative estimate of drug-likeness (QED) is 0.677. The Morgan fingerprint density at radius 2 is 1.90 bits per heavy atom. The molecule has 106 valence electrons. The van der Waals surface area contributed by atoms with Crippen LogP contribution in [-0.4, -0.2) is 17.5 Å². The molecule has 0 atom stereocenters. The maximum Gasteiger partial charge on any atom is 0.182 e. The number of benzene rings is 2. The van der Waals surface area contributed by atoms with Crippen molar-refractivity contribution in [2.24, 2.45) is 0 Å². The molecule has 21 heavy (non-hydrogen) atoms. The molecule has 0 amide bonds. The minimum absolute atomic E-state index is 0.0510. The third-order valence-corrected chi connectivity index (χ3v) is 3.82. The topological polar surface area (TPSA) is 31.2 Å². The zero-order valence-electron chi connectivity index (χ0n) is 11.5. The van der Waals surface area contributed by atoms with Gasteiger partial charge in [0, 0.05) is 27.7 Å². The monoisotopic (exact) mass is 299 g/mol. The van der Waals surface area contributed by atoms with Crippen LogP contribution in [0.4, 0.5) is 0 Å². The number of aromatic nitrogens is 1. The number of fused-ring (bicyclic) bond motifs is 1. The summed E-state index contributed by atoms with van der Waals surface area (Å²) in [4.78, 5) is 12.3. The largest absolute Gasteiger partial charge is 0.497 e. The minimum atomic E-state index is 0.0510. The summed E-state index contributed by atoms with van der Waals surface area (Å²) in [6.07, 6.45) is 1.89. The summed E-state index contributed by atoms with van der Waals surface area (Å²) in [5, 5.41) is 1.66. The van der Waals surface area contributed by atoms with Gasteiger partial charge in [-0.3, -0.25) is 4.79 Å². The first-order valence-electron chi connectivity index (χ1n) is 6.59. The molecule has 0 saturated carbocycles. The number of ketones is 1. The van der Waals surface area contributed by atoms with Gasteiger partial charge in [0.2, 0.25) is 0 Å². The highest BCUT2D eigenvalue weighted by Crippen LogP contribution is 2.24. The molecule has 1 heterocycles. The predicted molar refractivity (Wildman–Crippen MR) is 84.3 cm³/mol. The summed E-state index contributed by atoms with van der Waals surface area (Å²) in [7, 11) is 1.60. The average Bonchev–Trinajstić information content (AvgIpc) is 2.92. The highest BCUT2D eigenvalue weighted by molar-refractivity contribution is 6.35. The molecule has 0 aliphatic carbocycles. The van der Waals surface area contributed by atoms with E-state index in [1.54, 1.807) is 31.4 Å². The lowest BCUT2D eigenvalue weighted by molar-refractivity contribution is 0.0973. The van der Waals surface area contributed by atoms with Gasteiger partial charge < -0.3 is 9.30 Å². The van der Waals surface area contributed by atoms with Crippen molar-refractivity contribution in [3.05, 3.63) is 65.3 Å². The van der Waals surface area contributed by atoms with E-state index in [0.717, 1.165) is 16.7 Å². The van der Waals surface area contributed by atoms with Crippen LogP contribution in [0.3, 0.4) is 0 Å². The van der Waals surface area contributed by atoms with Crippen LogP contribution in [0.2, 0.25) is 5.02 Å². The Morgan fingerprint density at radius 1 is 1.14 bits per heavy atom. The molecule has 0 N–H and O–H groups in total. The third kappa shape index (κ3) is 2.65. The van der Waals surface area contributed by atoms with Crippen molar-refractivity contribution in [1.29, 1.82) is 0 Å². The predicted octanol–water partition coefficient (Wildman–Crippen LogP) is 4.19. The van der Waals surface area contributed by atoms with Crippen LogP contribution in [0.25, 0.3) is 10.9 Å². The lowest BCUT2D eigenvalue weighted by Gasteiger charge is -2.06. The standard InChI is InChI=1S/C17H14ClNO2/c1-21-13-7-5-12(6-8-13)17(20)11-19-10-9-14-15(18)3-2-4-16(14)19/h2-10H,11H2,1H3. The Bertz CT molecular complexity index is 790. The zero-order chi connectivity index (χ0) is 14.8. The van der Waals surface area contributed by atoms with E-state index in [0.29, 0.717) is 10.6 Å². The maximum absolute atomic E-state index is 12.3. The summed E-state index contributed by atoms with van der Waals surface area (Å²) in [6.45, 7) is 0.288. The van der Waals surface area contributed by atoms with Crippen molar-refractivity contribution in [2.75, 3.05) is 7.11 Å². The Kier molecular flexibility index (Phi) is 3.67. The van der Waals surface area contributed by atoms with E-state index in [-0.39, 0.29) is 12.3 Å². The lowest BCUT2D eigenvalue weighted by Crippen LogP contribution is -2.09. The molecule has 0 aliphatic heterocycles. The van der Waals surface area contributed by atoms with Crippen LogP contribution in [0, 0.1) is 0 Å². The molecule has 0 aliphatic rings. The number of halogens is 1. The van der Waals surface area contributed by atoms with Crippen molar-refractivity contribution in [2.45, 2.75) is 6.54 Å². The van der Waals surface area contributed by atoms with Gasteiger partial charge in [0.1, 0.15) is 5.75 Å². The fraction of sp³-hybridized carbons (Fsp3) is 0.118. The van der Waals surface area contributed by atoms with Gasteiger partial charge in [0.15, 0.2) is 5.78 Å². The number of hydrogen-bond donors (Lipinski definition) is 0. The van der Waals surface area contributed by atoms with Crippen LogP contribution in [0.1, 0.15) is 10.4 Å². The molecule has 1 aromatic heterocycles. The number of carbonyl (C=O) groups excluding carboxylic acids is 1. The normalized spacial score (nSPS) is 10.8. The van der Waals surface area contributed by atoms with Crippen LogP contribution >= 0.6 is 11.6 Å². The molecule has 0 saturated heterocycles. The van der Waals surface area contributed by atoms with E-state index in [1.807, 2.05) is 35.0 Å². The van der Waals surface area contributed by atoms with E-state index in [2.05, 4.69) is 0 Å². The SMILES string of the molecule is COc1ccc(C(=O)Cn2ccc3c(Cl)cccc32)cc1. The fourth-order valence-corrected chi connectivity index (χ4v) is 2.58. The summed E-state index contributed by atoms with van der Waals surface area (Å²) < 4.78 is 7.00. The third-order valence-electron chi connectivity index (χ3n) is 3.49. The first kappa shape index (κ1) is 13.7. The molecule has 0 unspecified atom stereocenters. The highest BCUT2D eigenvalue weighted by atomic mass is 35.5. The van der Waals surface area contributed by atoms with E-state index >= 15 is 0 Å². The summed E-state index contributed by atoms with van der Waals surface area (Å²) in [6, 6.07) is 14.8. The first-order valence-corrected chi connectivity index (χ1v) is 6.97.